The number of phenols is 1. The molecule has 0 fully saturated rings. The summed E-state index contributed by atoms with van der Waals surface area (Å²) in [6, 6.07) is 4.42. The molecule has 3 rings (SSSR count). The molecule has 1 aliphatic heterocycles. The van der Waals surface area contributed by atoms with Gasteiger partial charge in [-0.05, 0) is 37.6 Å². The second kappa shape index (κ2) is 9.05. The smallest absolute Gasteiger partial charge is 0.417 e. The molecule has 1 atom stereocenters. The van der Waals surface area contributed by atoms with Gasteiger partial charge in [0.1, 0.15) is 17.6 Å². The van der Waals surface area contributed by atoms with Crippen molar-refractivity contribution in [3.05, 3.63) is 58.0 Å². The molecule has 0 radical (unpaired) electrons. The van der Waals surface area contributed by atoms with Crippen LogP contribution in [0.15, 0.2) is 44.8 Å². The number of hydrogen-bond donors (Lipinski definition) is 3. The molecule has 9 nitrogen and oxygen atoms in total. The first kappa shape index (κ1) is 25.1. The van der Waals surface area contributed by atoms with Gasteiger partial charge in [-0.25, -0.2) is 8.42 Å². The molecule has 0 spiro atoms. The Morgan fingerprint density at radius 1 is 1.26 bits per heavy atom. The van der Waals surface area contributed by atoms with E-state index in [1.807, 2.05) is 6.92 Å². The van der Waals surface area contributed by atoms with Crippen LogP contribution in [-0.4, -0.2) is 44.3 Å². The minimum atomic E-state index is -4.91. The second-order valence-corrected chi connectivity index (χ2v) is 9.27. The van der Waals surface area contributed by atoms with Crippen LogP contribution in [0.1, 0.15) is 46.8 Å². The third-order valence-electron chi connectivity index (χ3n) is 4.90. The Hall–Kier alpha value is -3.48. The molecule has 0 bridgehead atoms. The summed E-state index contributed by atoms with van der Waals surface area (Å²) in [4.78, 5) is 17.7. The number of aryl methyl sites for hydroxylation is 1. The first-order valence-corrected chi connectivity index (χ1v) is 11.6. The molecule has 1 aromatic carbocycles. The van der Waals surface area contributed by atoms with E-state index in [4.69, 9.17) is 4.42 Å². The molecule has 0 aliphatic carbocycles. The van der Waals surface area contributed by atoms with Crippen molar-refractivity contribution in [2.45, 2.75) is 32.5 Å². The molecule has 3 N–H and O–H groups in total. The topological polar surface area (TPSA) is 124 Å². The number of phenolic OH excluding ortho intramolecular Hbond substituents is 1. The van der Waals surface area contributed by atoms with Gasteiger partial charge in [-0.1, -0.05) is 6.92 Å². The molecule has 1 aromatic heterocycles. The Bertz CT molecular complexity index is 1280. The molecular weight excluding hydrogens is 477 g/mol. The van der Waals surface area contributed by atoms with E-state index in [9.17, 15) is 31.5 Å². The highest BCUT2D eigenvalue weighted by Gasteiger charge is 2.38. The van der Waals surface area contributed by atoms with Crippen LogP contribution in [0.3, 0.4) is 0 Å². The number of rotatable bonds is 6. The predicted molar refractivity (Wildman–Crippen MR) is 119 cm³/mol. The zero-order valence-electron chi connectivity index (χ0n) is 18.7. The summed E-state index contributed by atoms with van der Waals surface area (Å²) in [7, 11) is -1.47. The minimum absolute atomic E-state index is 0.124. The Kier molecular flexibility index (Phi) is 6.69. The third kappa shape index (κ3) is 5.19. The van der Waals surface area contributed by atoms with Crippen LogP contribution >= 0.6 is 0 Å². The largest absolute Gasteiger partial charge is 0.505 e. The molecule has 13 heteroatoms. The maximum Gasteiger partial charge on any atom is 0.417 e. The number of amides is 1. The van der Waals surface area contributed by atoms with Crippen LogP contribution in [0.25, 0.3) is 0 Å². The Morgan fingerprint density at radius 2 is 1.94 bits per heavy atom. The van der Waals surface area contributed by atoms with E-state index in [2.05, 4.69) is 15.0 Å². The first-order chi connectivity index (χ1) is 15.7. The Labute approximate surface area is 194 Å². The number of anilines is 1. The number of carbonyl (C=O) groups excluding carboxylic acids is 1. The molecule has 2 heterocycles. The summed E-state index contributed by atoms with van der Waals surface area (Å²) < 4.78 is 72.6. The summed E-state index contributed by atoms with van der Waals surface area (Å²) in [6.07, 6.45) is -4.45. The van der Waals surface area contributed by atoms with Gasteiger partial charge in [-0.15, -0.1) is 0 Å². The summed E-state index contributed by atoms with van der Waals surface area (Å²) >= 11 is 0. The number of hydrogen-bond acceptors (Lipinski definition) is 7. The fraction of sp³-hybridized carbons (Fsp3) is 0.333. The number of amidine groups is 1. The zero-order chi connectivity index (χ0) is 25.4. The van der Waals surface area contributed by atoms with Crippen LogP contribution in [0, 0.1) is 6.92 Å². The van der Waals surface area contributed by atoms with E-state index in [0.29, 0.717) is 24.0 Å². The zero-order valence-corrected chi connectivity index (χ0v) is 19.5. The Morgan fingerprint density at radius 3 is 2.47 bits per heavy atom. The number of aromatic hydroxyl groups is 1. The van der Waals surface area contributed by atoms with Crippen molar-refractivity contribution in [1.29, 1.82) is 0 Å². The first-order valence-electron chi connectivity index (χ1n) is 10.0. The number of aliphatic imine (C=N–C) groups is 1. The number of furan rings is 1. The maximum atomic E-state index is 13.5. The van der Waals surface area contributed by atoms with E-state index in [1.165, 1.54) is 14.1 Å². The Balaban J connectivity index is 2.06. The van der Waals surface area contributed by atoms with Crippen molar-refractivity contribution in [3.8, 4) is 5.75 Å². The van der Waals surface area contributed by atoms with Crippen molar-refractivity contribution in [2.75, 3.05) is 19.4 Å². The quantitative estimate of drug-likeness (QED) is 0.519. The average Bonchev–Trinajstić information content (AvgIpc) is 3.27. The lowest BCUT2D eigenvalue weighted by Gasteiger charge is -2.20. The van der Waals surface area contributed by atoms with E-state index in [0.717, 1.165) is 16.4 Å². The lowest BCUT2D eigenvalue weighted by Crippen LogP contribution is -2.27. The number of nitrogens with one attached hydrogen (secondary N) is 2. The fourth-order valence-corrected chi connectivity index (χ4v) is 4.24. The SMILES string of the molecule is CC[C@@H](N=C1NS(=O)(=O)C=C1Nc1ccc(C(F)(F)F)c(C(=O)N(C)C)c1O)c1ccc(C)o1. The second-order valence-electron chi connectivity index (χ2n) is 7.74. The monoisotopic (exact) mass is 500 g/mol. The maximum absolute atomic E-state index is 13.5. The molecule has 34 heavy (non-hydrogen) atoms. The van der Waals surface area contributed by atoms with Crippen molar-refractivity contribution < 1.29 is 35.9 Å². The predicted octanol–water partition coefficient (Wildman–Crippen LogP) is 3.75. The summed E-state index contributed by atoms with van der Waals surface area (Å²) in [5, 5.41) is 13.9. The van der Waals surface area contributed by atoms with E-state index >= 15 is 0 Å². The molecule has 0 saturated carbocycles. The number of carbonyl (C=O) groups is 1. The molecule has 1 amide bonds. The van der Waals surface area contributed by atoms with Gasteiger partial charge in [0.15, 0.2) is 11.6 Å². The van der Waals surface area contributed by atoms with Gasteiger partial charge in [-0.3, -0.25) is 14.5 Å². The van der Waals surface area contributed by atoms with Gasteiger partial charge in [0.05, 0.1) is 27.9 Å². The van der Waals surface area contributed by atoms with E-state index < -0.39 is 45.0 Å². The van der Waals surface area contributed by atoms with Crippen LogP contribution in [0.4, 0.5) is 18.9 Å². The standard InChI is InChI=1S/C21H23F3N4O5S/c1-5-13(16-9-6-11(2)33-16)26-19-15(10-34(31,32)27-19)25-14-8-7-12(21(22,23)24)17(18(14)29)20(30)28(3)4/h6-10,13,25,29H,5H2,1-4H3,(H,26,27)/t13-/m1/s1. The van der Waals surface area contributed by atoms with Gasteiger partial charge >= 0.3 is 6.18 Å². The van der Waals surface area contributed by atoms with Crippen molar-refractivity contribution in [2.24, 2.45) is 4.99 Å². The van der Waals surface area contributed by atoms with E-state index in [1.54, 1.807) is 19.1 Å². The van der Waals surface area contributed by atoms with Crippen molar-refractivity contribution >= 4 is 27.5 Å². The average molecular weight is 500 g/mol. The summed E-state index contributed by atoms with van der Waals surface area (Å²) in [5.74, 6) is -1.04. The molecule has 2 aromatic rings. The minimum Gasteiger partial charge on any atom is -0.505 e. The van der Waals surface area contributed by atoms with Gasteiger partial charge in [0.2, 0.25) is 0 Å². The lowest BCUT2D eigenvalue weighted by molar-refractivity contribution is -0.138. The fourth-order valence-electron chi connectivity index (χ4n) is 3.27. The van der Waals surface area contributed by atoms with Gasteiger partial charge in [0.25, 0.3) is 15.9 Å². The van der Waals surface area contributed by atoms with Crippen molar-refractivity contribution in [1.82, 2.24) is 9.62 Å². The van der Waals surface area contributed by atoms with Crippen LogP contribution < -0.4 is 10.0 Å². The van der Waals surface area contributed by atoms with Gasteiger partial charge < -0.3 is 19.7 Å². The molecule has 0 unspecified atom stereocenters. The highest BCUT2D eigenvalue weighted by atomic mass is 32.2. The molecule has 0 saturated heterocycles. The van der Waals surface area contributed by atoms with Crippen LogP contribution in [0.5, 0.6) is 5.75 Å². The van der Waals surface area contributed by atoms with Crippen LogP contribution in [0.2, 0.25) is 0 Å². The third-order valence-corrected chi connectivity index (χ3v) is 5.92. The number of sulfonamides is 1. The van der Waals surface area contributed by atoms with Crippen LogP contribution in [-0.2, 0) is 16.2 Å². The number of halogens is 3. The van der Waals surface area contributed by atoms with Crippen molar-refractivity contribution in [3.63, 3.8) is 0 Å². The summed E-state index contributed by atoms with van der Waals surface area (Å²) in [5.41, 5.74) is -2.72. The van der Waals surface area contributed by atoms with E-state index in [-0.39, 0.29) is 17.2 Å². The number of benzene rings is 1. The number of nitrogens with zero attached hydrogens (tertiary/aromatic N) is 2. The molecule has 1 aliphatic rings. The number of alkyl halides is 3. The lowest BCUT2D eigenvalue weighted by atomic mass is 10.0. The molecular formula is C21H23F3N4O5S. The normalized spacial score (nSPS) is 17.3. The van der Waals surface area contributed by atoms with Gasteiger partial charge in [0, 0.05) is 14.1 Å². The highest BCUT2D eigenvalue weighted by Crippen LogP contribution is 2.40. The van der Waals surface area contributed by atoms with Gasteiger partial charge in [-0.2, -0.15) is 13.2 Å². The molecule has 184 valence electrons. The highest BCUT2D eigenvalue weighted by molar-refractivity contribution is 7.93. The summed E-state index contributed by atoms with van der Waals surface area (Å²) in [6.45, 7) is 3.56.